The lowest BCUT2D eigenvalue weighted by Crippen LogP contribution is -2.14. The topological polar surface area (TPSA) is 65.0 Å². The molecule has 12 aromatic rings. The predicted octanol–water partition coefficient (Wildman–Crippen LogP) is 14.4. The average Bonchev–Trinajstić information content (AvgIpc) is 3.92. The van der Waals surface area contributed by atoms with Crippen molar-refractivity contribution in [2.45, 2.75) is 19.3 Å². The highest BCUT2D eigenvalue weighted by molar-refractivity contribution is 6.21. The normalized spacial score (nSPS) is 13.4. The van der Waals surface area contributed by atoms with Gasteiger partial charge in [-0.05, 0) is 103 Å². The number of hydrogen-bond acceptors (Lipinski definition) is 5. The van der Waals surface area contributed by atoms with E-state index in [0.717, 1.165) is 71.3 Å². The van der Waals surface area contributed by atoms with Crippen LogP contribution in [0.15, 0.2) is 173 Å². The highest BCUT2D eigenvalue weighted by Gasteiger charge is 2.36. The Morgan fingerprint density at radius 1 is 0.356 bits per heavy atom. The molecule has 0 radical (unpaired) electrons. The SMILES string of the molecule is CC1(C)c2ccccc2-c2cc3c(cc21)oc1cccc(-c2nc(-c4ccc5oc6ccccc6c5c4)nc(-c4ccc5ccc6ccc7ccccc7c6c5c4)n2)c13. The average molecular weight is 756 g/mol. The van der Waals surface area contributed by atoms with Crippen LogP contribution in [0.4, 0.5) is 0 Å². The van der Waals surface area contributed by atoms with E-state index in [1.165, 1.54) is 43.8 Å². The standard InChI is InChI=1S/C54H33N3O2/c1-54(2)43-15-7-5-12-36(43)40-28-42-48(29-44(40)54)59-47-17-9-14-38(50(42)47)53-56-51(55-52(57-53)34-24-25-46-41(27-34)37-13-6-8-16-45(37)58-46)33-23-20-31-19-22-32-21-18-30-10-3-4-11-35(30)49(32)39(31)26-33/h3-29H,1-2H3. The number of hydrogen-bond donors (Lipinski definition) is 0. The van der Waals surface area contributed by atoms with Gasteiger partial charge in [0, 0.05) is 43.7 Å². The fourth-order valence-electron chi connectivity index (χ4n) is 9.79. The molecule has 9 aromatic carbocycles. The molecule has 0 aliphatic heterocycles. The lowest BCUT2D eigenvalue weighted by Gasteiger charge is -2.21. The van der Waals surface area contributed by atoms with E-state index < -0.39 is 0 Å². The zero-order valence-corrected chi connectivity index (χ0v) is 32.2. The zero-order chi connectivity index (χ0) is 39.0. The maximum absolute atomic E-state index is 6.68. The van der Waals surface area contributed by atoms with E-state index in [-0.39, 0.29) is 5.41 Å². The Labute approximate surface area is 338 Å². The third-order valence-electron chi connectivity index (χ3n) is 12.7. The Kier molecular flexibility index (Phi) is 6.44. The van der Waals surface area contributed by atoms with Crippen molar-refractivity contribution in [3.63, 3.8) is 0 Å². The van der Waals surface area contributed by atoms with Crippen LogP contribution in [0, 0.1) is 0 Å². The van der Waals surface area contributed by atoms with Gasteiger partial charge in [0.2, 0.25) is 0 Å². The predicted molar refractivity (Wildman–Crippen MR) is 241 cm³/mol. The summed E-state index contributed by atoms with van der Waals surface area (Å²) in [4.78, 5) is 15.9. The summed E-state index contributed by atoms with van der Waals surface area (Å²) < 4.78 is 12.9. The van der Waals surface area contributed by atoms with Crippen LogP contribution >= 0.6 is 0 Å². The van der Waals surface area contributed by atoms with Gasteiger partial charge < -0.3 is 8.83 Å². The molecule has 0 unspecified atom stereocenters. The van der Waals surface area contributed by atoms with Crippen molar-refractivity contribution >= 4 is 76.2 Å². The molecule has 1 aliphatic carbocycles. The Hall–Kier alpha value is -7.63. The molecule has 5 heteroatoms. The molecule has 0 N–H and O–H groups in total. The monoisotopic (exact) mass is 755 g/mol. The van der Waals surface area contributed by atoms with Gasteiger partial charge in [0.1, 0.15) is 22.3 Å². The fraction of sp³-hybridized carbons (Fsp3) is 0.0556. The molecule has 276 valence electrons. The number of benzene rings is 9. The van der Waals surface area contributed by atoms with Crippen LogP contribution in [0.3, 0.4) is 0 Å². The molecule has 13 rings (SSSR count). The van der Waals surface area contributed by atoms with E-state index in [9.17, 15) is 0 Å². The van der Waals surface area contributed by atoms with Crippen LogP contribution in [-0.2, 0) is 5.41 Å². The highest BCUT2D eigenvalue weighted by Crippen LogP contribution is 2.51. The summed E-state index contributed by atoms with van der Waals surface area (Å²) in [5.41, 5.74) is 11.0. The number of rotatable bonds is 3. The lowest BCUT2D eigenvalue weighted by atomic mass is 9.82. The summed E-state index contributed by atoms with van der Waals surface area (Å²) in [5.74, 6) is 1.77. The molecule has 3 aromatic heterocycles. The minimum absolute atomic E-state index is 0.140. The fourth-order valence-corrected chi connectivity index (χ4v) is 9.79. The van der Waals surface area contributed by atoms with Crippen LogP contribution in [-0.4, -0.2) is 15.0 Å². The maximum Gasteiger partial charge on any atom is 0.164 e. The van der Waals surface area contributed by atoms with Gasteiger partial charge in [-0.15, -0.1) is 0 Å². The molecule has 0 atom stereocenters. The van der Waals surface area contributed by atoms with Crippen LogP contribution < -0.4 is 0 Å². The van der Waals surface area contributed by atoms with E-state index in [0.29, 0.717) is 17.5 Å². The Bertz CT molecular complexity index is 3770. The van der Waals surface area contributed by atoms with Crippen molar-refractivity contribution in [3.05, 3.63) is 175 Å². The molecular weight excluding hydrogens is 723 g/mol. The first-order valence-electron chi connectivity index (χ1n) is 20.1. The summed E-state index contributed by atoms with van der Waals surface area (Å²) in [7, 11) is 0. The molecule has 0 amide bonds. The highest BCUT2D eigenvalue weighted by atomic mass is 16.3. The summed E-state index contributed by atoms with van der Waals surface area (Å²) in [6, 6.07) is 57.8. The van der Waals surface area contributed by atoms with Crippen LogP contribution in [0.5, 0.6) is 0 Å². The van der Waals surface area contributed by atoms with Crippen LogP contribution in [0.25, 0.3) is 121 Å². The minimum atomic E-state index is -0.140. The van der Waals surface area contributed by atoms with E-state index >= 15 is 0 Å². The van der Waals surface area contributed by atoms with Gasteiger partial charge in [0.05, 0.1) is 0 Å². The van der Waals surface area contributed by atoms with Crippen molar-refractivity contribution < 1.29 is 8.83 Å². The van der Waals surface area contributed by atoms with Gasteiger partial charge in [-0.1, -0.05) is 129 Å². The molecule has 0 saturated carbocycles. The van der Waals surface area contributed by atoms with Gasteiger partial charge in [-0.3, -0.25) is 0 Å². The molecule has 3 heterocycles. The molecule has 5 nitrogen and oxygen atoms in total. The van der Waals surface area contributed by atoms with Gasteiger partial charge in [0.15, 0.2) is 17.5 Å². The maximum atomic E-state index is 6.68. The lowest BCUT2D eigenvalue weighted by molar-refractivity contribution is 0.647. The Morgan fingerprint density at radius 3 is 1.83 bits per heavy atom. The first-order chi connectivity index (χ1) is 29.0. The molecule has 1 aliphatic rings. The summed E-state index contributed by atoms with van der Waals surface area (Å²) in [6.07, 6.45) is 0. The van der Waals surface area contributed by atoms with Gasteiger partial charge in [-0.25, -0.2) is 15.0 Å². The number of aromatic nitrogens is 3. The molecule has 59 heavy (non-hydrogen) atoms. The number of furan rings is 2. The smallest absolute Gasteiger partial charge is 0.164 e. The quantitative estimate of drug-likeness (QED) is 0.168. The van der Waals surface area contributed by atoms with Crippen molar-refractivity contribution in [1.29, 1.82) is 0 Å². The third-order valence-corrected chi connectivity index (χ3v) is 12.7. The van der Waals surface area contributed by atoms with Crippen molar-refractivity contribution in [1.82, 2.24) is 15.0 Å². The first kappa shape index (κ1) is 32.5. The molecule has 0 fully saturated rings. The third kappa shape index (κ3) is 4.64. The first-order valence-corrected chi connectivity index (χ1v) is 20.1. The molecule has 0 saturated heterocycles. The summed E-state index contributed by atoms with van der Waals surface area (Å²) in [6.45, 7) is 4.60. The van der Waals surface area contributed by atoms with E-state index in [1.54, 1.807) is 0 Å². The van der Waals surface area contributed by atoms with E-state index in [2.05, 4.69) is 135 Å². The van der Waals surface area contributed by atoms with Gasteiger partial charge in [-0.2, -0.15) is 0 Å². The zero-order valence-electron chi connectivity index (χ0n) is 32.2. The Morgan fingerprint density at radius 2 is 0.966 bits per heavy atom. The largest absolute Gasteiger partial charge is 0.456 e. The van der Waals surface area contributed by atoms with Crippen molar-refractivity contribution in [2.24, 2.45) is 0 Å². The van der Waals surface area contributed by atoms with Crippen molar-refractivity contribution in [2.75, 3.05) is 0 Å². The summed E-state index contributed by atoms with van der Waals surface area (Å²) >= 11 is 0. The number of nitrogens with zero attached hydrogens (tertiary/aromatic N) is 3. The van der Waals surface area contributed by atoms with Gasteiger partial charge in [0.25, 0.3) is 0 Å². The van der Waals surface area contributed by atoms with E-state index in [4.69, 9.17) is 23.8 Å². The second kappa shape index (κ2) is 11.7. The Balaban J connectivity index is 1.08. The van der Waals surface area contributed by atoms with Crippen molar-refractivity contribution in [3.8, 4) is 45.3 Å². The summed E-state index contributed by atoms with van der Waals surface area (Å²) in [5, 5.41) is 11.3. The second-order valence-corrected chi connectivity index (χ2v) is 16.3. The number of para-hydroxylation sites is 1. The molecule has 0 spiro atoms. The van der Waals surface area contributed by atoms with Gasteiger partial charge >= 0.3 is 0 Å². The molecular formula is C54H33N3O2. The minimum Gasteiger partial charge on any atom is -0.456 e. The van der Waals surface area contributed by atoms with E-state index in [1.807, 2.05) is 42.5 Å². The van der Waals surface area contributed by atoms with Crippen LogP contribution in [0.1, 0.15) is 25.0 Å². The molecule has 0 bridgehead atoms. The number of fused-ring (bicyclic) bond motifs is 14. The van der Waals surface area contributed by atoms with Crippen LogP contribution in [0.2, 0.25) is 0 Å². The second-order valence-electron chi connectivity index (χ2n) is 16.3.